The zero-order valence-electron chi connectivity index (χ0n) is 23.6. The van der Waals surface area contributed by atoms with Crippen LogP contribution in [0.4, 0.5) is 0 Å². The summed E-state index contributed by atoms with van der Waals surface area (Å²) in [5.41, 5.74) is 2.88. The fourth-order valence-electron chi connectivity index (χ4n) is 4.36. The number of esters is 2. The molecule has 0 aliphatic heterocycles. The molecular weight excluding hydrogens is 504 g/mol. The fraction of sp³-hybridized carbons (Fsp3) is 0.353. The monoisotopic (exact) mass is 544 g/mol. The van der Waals surface area contributed by atoms with Crippen LogP contribution < -0.4 is 9.47 Å². The van der Waals surface area contributed by atoms with Crippen LogP contribution in [0.2, 0.25) is 0 Å². The molecule has 1 atom stereocenters. The third-order valence-corrected chi connectivity index (χ3v) is 6.54. The Morgan fingerprint density at radius 3 is 2.20 bits per heavy atom. The second-order valence-corrected chi connectivity index (χ2v) is 9.62. The van der Waals surface area contributed by atoms with Gasteiger partial charge in [0.2, 0.25) is 0 Å². The molecular formula is C34H40O6. The van der Waals surface area contributed by atoms with Gasteiger partial charge in [0.15, 0.2) is 0 Å². The minimum Gasteiger partial charge on any atom is -0.493 e. The molecule has 0 spiro atoms. The molecule has 6 heteroatoms. The smallest absolute Gasteiger partial charge is 0.337 e. The second kappa shape index (κ2) is 17.5. The van der Waals surface area contributed by atoms with Crippen molar-refractivity contribution in [3.63, 3.8) is 0 Å². The highest BCUT2D eigenvalue weighted by atomic mass is 16.5. The normalized spacial score (nSPS) is 11.7. The lowest BCUT2D eigenvalue weighted by Gasteiger charge is -2.14. The van der Waals surface area contributed by atoms with Crippen LogP contribution >= 0.6 is 0 Å². The van der Waals surface area contributed by atoms with Crippen LogP contribution in [0.5, 0.6) is 11.5 Å². The summed E-state index contributed by atoms with van der Waals surface area (Å²) in [7, 11) is 2.81. The molecule has 0 aromatic heterocycles. The number of carbonyl (C=O) groups excluding carboxylic acids is 2. The Hall–Kier alpha value is -4.06. The van der Waals surface area contributed by atoms with Crippen LogP contribution in [-0.4, -0.2) is 39.4 Å². The zero-order valence-corrected chi connectivity index (χ0v) is 23.6. The SMILES string of the molecule is COC(=O)CCCCC(C=CCc1cccc(OCCCOc2ccccc2)c1)Cc1ccc(C(=O)OC)cc1. The van der Waals surface area contributed by atoms with Crippen LogP contribution in [0.3, 0.4) is 0 Å². The summed E-state index contributed by atoms with van der Waals surface area (Å²) in [6.45, 7) is 1.20. The topological polar surface area (TPSA) is 71.1 Å². The summed E-state index contributed by atoms with van der Waals surface area (Å²) >= 11 is 0. The van der Waals surface area contributed by atoms with E-state index in [1.165, 1.54) is 19.8 Å². The second-order valence-electron chi connectivity index (χ2n) is 9.62. The molecule has 3 aromatic carbocycles. The lowest BCUT2D eigenvalue weighted by molar-refractivity contribution is -0.140. The quantitative estimate of drug-likeness (QED) is 0.103. The van der Waals surface area contributed by atoms with Crippen molar-refractivity contribution < 1.29 is 28.5 Å². The van der Waals surface area contributed by atoms with Gasteiger partial charge in [-0.05, 0) is 79.1 Å². The number of benzene rings is 3. The number of unbranched alkanes of at least 4 members (excludes halogenated alkanes) is 1. The molecule has 212 valence electrons. The predicted octanol–water partition coefficient (Wildman–Crippen LogP) is 7.01. The van der Waals surface area contributed by atoms with E-state index in [0.717, 1.165) is 55.6 Å². The Morgan fingerprint density at radius 1 is 0.750 bits per heavy atom. The van der Waals surface area contributed by atoms with E-state index in [9.17, 15) is 9.59 Å². The van der Waals surface area contributed by atoms with E-state index in [0.29, 0.717) is 31.1 Å². The van der Waals surface area contributed by atoms with Gasteiger partial charge in [-0.1, -0.05) is 61.0 Å². The number of rotatable bonds is 17. The van der Waals surface area contributed by atoms with Crippen molar-refractivity contribution in [3.05, 3.63) is 108 Å². The summed E-state index contributed by atoms with van der Waals surface area (Å²) < 4.78 is 21.2. The summed E-state index contributed by atoms with van der Waals surface area (Å²) in [5, 5.41) is 0. The molecule has 0 radical (unpaired) electrons. The molecule has 0 fully saturated rings. The van der Waals surface area contributed by atoms with Gasteiger partial charge in [0.1, 0.15) is 11.5 Å². The van der Waals surface area contributed by atoms with Gasteiger partial charge < -0.3 is 18.9 Å². The Morgan fingerprint density at radius 2 is 1.48 bits per heavy atom. The maximum absolute atomic E-state index is 11.8. The minimum atomic E-state index is -0.336. The van der Waals surface area contributed by atoms with E-state index in [4.69, 9.17) is 18.9 Å². The highest BCUT2D eigenvalue weighted by molar-refractivity contribution is 5.89. The Bertz CT molecular complexity index is 1190. The molecule has 0 N–H and O–H groups in total. The van der Waals surface area contributed by atoms with Gasteiger partial charge in [0.05, 0.1) is 33.0 Å². The summed E-state index contributed by atoms with van der Waals surface area (Å²) in [4.78, 5) is 23.2. The van der Waals surface area contributed by atoms with Crippen molar-refractivity contribution in [1.29, 1.82) is 0 Å². The Kier molecular flexibility index (Phi) is 13.3. The number of para-hydroxylation sites is 1. The first-order chi connectivity index (χ1) is 19.6. The molecule has 3 aromatic rings. The molecule has 0 saturated heterocycles. The number of allylic oxidation sites excluding steroid dienone is 2. The van der Waals surface area contributed by atoms with Crippen molar-refractivity contribution >= 4 is 11.9 Å². The van der Waals surface area contributed by atoms with E-state index in [1.807, 2.05) is 54.6 Å². The Labute approximate surface area is 237 Å². The fourth-order valence-corrected chi connectivity index (χ4v) is 4.36. The first-order valence-electron chi connectivity index (χ1n) is 13.9. The Balaban J connectivity index is 1.51. The van der Waals surface area contributed by atoms with Gasteiger partial charge >= 0.3 is 11.9 Å². The highest BCUT2D eigenvalue weighted by Gasteiger charge is 2.10. The van der Waals surface area contributed by atoms with E-state index in [-0.39, 0.29) is 11.9 Å². The van der Waals surface area contributed by atoms with Crippen molar-refractivity contribution in [2.75, 3.05) is 27.4 Å². The number of ether oxygens (including phenoxy) is 4. The molecule has 0 heterocycles. The molecule has 40 heavy (non-hydrogen) atoms. The van der Waals surface area contributed by atoms with Crippen LogP contribution in [-0.2, 0) is 27.1 Å². The molecule has 3 rings (SSSR count). The lowest BCUT2D eigenvalue weighted by Crippen LogP contribution is -2.05. The predicted molar refractivity (Wildman–Crippen MR) is 157 cm³/mol. The number of carbonyl (C=O) groups is 2. The zero-order chi connectivity index (χ0) is 28.4. The number of methoxy groups -OCH3 is 2. The maximum atomic E-state index is 11.8. The van der Waals surface area contributed by atoms with Gasteiger partial charge in [0, 0.05) is 12.8 Å². The number of hydrogen-bond acceptors (Lipinski definition) is 6. The molecule has 0 aliphatic rings. The first kappa shape index (κ1) is 30.5. The van der Waals surface area contributed by atoms with Crippen LogP contribution in [0.25, 0.3) is 0 Å². The standard InChI is InChI=1S/C34H40O6/c1-37-33(35)18-7-6-11-27(25-29-19-21-30(22-20-29)34(36)38-2)12-8-13-28-14-9-17-32(26-28)40-24-10-23-39-31-15-4-3-5-16-31/h3-5,8-9,12,14-17,19-22,26-27H,6-7,10-11,13,18,23-25H2,1-2H3. The van der Waals surface area contributed by atoms with E-state index in [1.54, 1.807) is 12.1 Å². The molecule has 1 unspecified atom stereocenters. The van der Waals surface area contributed by atoms with E-state index < -0.39 is 0 Å². The molecule has 6 nitrogen and oxygen atoms in total. The molecule has 0 aliphatic carbocycles. The van der Waals surface area contributed by atoms with Crippen molar-refractivity contribution in [3.8, 4) is 11.5 Å². The summed E-state index contributed by atoms with van der Waals surface area (Å²) in [6, 6.07) is 25.5. The van der Waals surface area contributed by atoms with Crippen LogP contribution in [0.1, 0.15) is 53.6 Å². The van der Waals surface area contributed by atoms with Crippen molar-refractivity contribution in [2.24, 2.45) is 5.92 Å². The van der Waals surface area contributed by atoms with Crippen molar-refractivity contribution in [1.82, 2.24) is 0 Å². The number of hydrogen-bond donors (Lipinski definition) is 0. The summed E-state index contributed by atoms with van der Waals surface area (Å²) in [6.07, 6.45) is 10.1. The van der Waals surface area contributed by atoms with Gasteiger partial charge in [0.25, 0.3) is 0 Å². The van der Waals surface area contributed by atoms with Crippen LogP contribution in [0, 0.1) is 5.92 Å². The third-order valence-electron chi connectivity index (χ3n) is 6.54. The van der Waals surface area contributed by atoms with Gasteiger partial charge in [-0.25, -0.2) is 4.79 Å². The van der Waals surface area contributed by atoms with Gasteiger partial charge in [-0.15, -0.1) is 0 Å². The van der Waals surface area contributed by atoms with Gasteiger partial charge in [-0.3, -0.25) is 4.79 Å². The van der Waals surface area contributed by atoms with E-state index in [2.05, 4.69) is 24.3 Å². The molecule has 0 saturated carbocycles. The van der Waals surface area contributed by atoms with Crippen LogP contribution in [0.15, 0.2) is 91.0 Å². The molecule has 0 amide bonds. The van der Waals surface area contributed by atoms with Gasteiger partial charge in [-0.2, -0.15) is 0 Å². The van der Waals surface area contributed by atoms with E-state index >= 15 is 0 Å². The average Bonchev–Trinajstić information content (AvgIpc) is 2.99. The highest BCUT2D eigenvalue weighted by Crippen LogP contribution is 2.20. The first-order valence-corrected chi connectivity index (χ1v) is 13.9. The van der Waals surface area contributed by atoms with Crippen molar-refractivity contribution in [2.45, 2.75) is 44.9 Å². The average molecular weight is 545 g/mol. The summed E-state index contributed by atoms with van der Waals surface area (Å²) in [5.74, 6) is 1.53. The lowest BCUT2D eigenvalue weighted by atomic mass is 9.92. The third kappa shape index (κ3) is 11.4. The largest absolute Gasteiger partial charge is 0.493 e. The molecule has 0 bridgehead atoms. The maximum Gasteiger partial charge on any atom is 0.337 e. The minimum absolute atomic E-state index is 0.170.